The van der Waals surface area contributed by atoms with Gasteiger partial charge < -0.3 is 5.32 Å². The van der Waals surface area contributed by atoms with Crippen LogP contribution in [0.4, 0.5) is 5.82 Å². The second-order valence-electron chi connectivity index (χ2n) is 4.98. The maximum Gasteiger partial charge on any atom is 0.126 e. The van der Waals surface area contributed by atoms with Crippen LogP contribution in [0.1, 0.15) is 25.5 Å². The highest BCUT2D eigenvalue weighted by Crippen LogP contribution is 2.24. The van der Waals surface area contributed by atoms with E-state index >= 15 is 0 Å². The molecule has 1 aliphatic rings. The van der Waals surface area contributed by atoms with E-state index < -0.39 is 0 Å². The van der Waals surface area contributed by atoms with Crippen molar-refractivity contribution in [3.8, 4) is 0 Å². The van der Waals surface area contributed by atoms with Crippen molar-refractivity contribution in [2.45, 2.75) is 32.4 Å². The number of pyridine rings is 1. The van der Waals surface area contributed by atoms with Crippen LogP contribution in [0.2, 0.25) is 5.02 Å². The van der Waals surface area contributed by atoms with Gasteiger partial charge in [-0.25, -0.2) is 4.98 Å². The topological polar surface area (TPSA) is 28.2 Å². The molecule has 0 radical (unpaired) electrons. The molecular weight excluding hydrogens is 278 g/mol. The minimum absolute atomic E-state index is 0.662. The van der Waals surface area contributed by atoms with Crippen LogP contribution in [-0.4, -0.2) is 41.0 Å². The van der Waals surface area contributed by atoms with Gasteiger partial charge in [-0.05, 0) is 37.8 Å². The summed E-state index contributed by atoms with van der Waals surface area (Å²) < 4.78 is 0. The van der Waals surface area contributed by atoms with E-state index in [0.29, 0.717) is 6.04 Å². The molecule has 1 saturated heterocycles. The molecule has 1 aromatic rings. The highest BCUT2D eigenvalue weighted by Gasteiger charge is 2.21. The second kappa shape index (κ2) is 7.36. The number of aromatic nitrogens is 1. The molecule has 1 atom stereocenters. The minimum Gasteiger partial charge on any atom is -0.370 e. The Hall–Kier alpha value is -0.450. The van der Waals surface area contributed by atoms with E-state index in [1.165, 1.54) is 17.9 Å². The molecular formula is C14H22ClN3S. The monoisotopic (exact) mass is 299 g/mol. The smallest absolute Gasteiger partial charge is 0.126 e. The van der Waals surface area contributed by atoms with Gasteiger partial charge in [0, 0.05) is 24.9 Å². The molecule has 3 nitrogen and oxygen atoms in total. The predicted molar refractivity (Wildman–Crippen MR) is 85.2 cm³/mol. The molecule has 0 aromatic carbocycles. The summed E-state index contributed by atoms with van der Waals surface area (Å²) in [6.45, 7) is 3.92. The van der Waals surface area contributed by atoms with Crippen molar-refractivity contribution in [2.24, 2.45) is 0 Å². The Kier molecular flexibility index (Phi) is 5.79. The summed E-state index contributed by atoms with van der Waals surface area (Å²) in [5.74, 6) is 3.42. The molecule has 0 amide bonds. The van der Waals surface area contributed by atoms with Crippen molar-refractivity contribution < 1.29 is 0 Å². The van der Waals surface area contributed by atoms with Crippen LogP contribution in [0.15, 0.2) is 12.1 Å². The van der Waals surface area contributed by atoms with Crippen LogP contribution in [0.3, 0.4) is 0 Å². The Morgan fingerprint density at radius 3 is 3.05 bits per heavy atom. The summed E-state index contributed by atoms with van der Waals surface area (Å²) in [5, 5.41) is 4.08. The number of nitrogens with one attached hydrogen (secondary N) is 1. The van der Waals surface area contributed by atoms with Crippen LogP contribution < -0.4 is 5.32 Å². The molecule has 1 aromatic heterocycles. The first kappa shape index (κ1) is 14.9. The first-order valence-corrected chi connectivity index (χ1v) is 8.41. The second-order valence-corrected chi connectivity index (χ2v) is 6.54. The summed E-state index contributed by atoms with van der Waals surface area (Å²) in [7, 11) is 2.17. The van der Waals surface area contributed by atoms with E-state index in [9.17, 15) is 0 Å². The number of halogens is 1. The lowest BCUT2D eigenvalue weighted by Crippen LogP contribution is -2.31. The van der Waals surface area contributed by atoms with Gasteiger partial charge in [-0.3, -0.25) is 4.90 Å². The van der Waals surface area contributed by atoms with E-state index in [-0.39, 0.29) is 0 Å². The first-order valence-electron chi connectivity index (χ1n) is 6.88. The molecule has 106 valence electrons. The third kappa shape index (κ3) is 4.26. The van der Waals surface area contributed by atoms with E-state index in [2.05, 4.69) is 29.2 Å². The Balaban J connectivity index is 2.01. The highest BCUT2D eigenvalue weighted by atomic mass is 35.5. The van der Waals surface area contributed by atoms with E-state index in [4.69, 9.17) is 11.6 Å². The summed E-state index contributed by atoms with van der Waals surface area (Å²) in [6.07, 6.45) is 2.37. The first-order chi connectivity index (χ1) is 9.20. The van der Waals surface area contributed by atoms with Crippen molar-refractivity contribution in [1.29, 1.82) is 0 Å². The van der Waals surface area contributed by atoms with E-state index in [1.54, 1.807) is 0 Å². The van der Waals surface area contributed by atoms with Gasteiger partial charge in [0.1, 0.15) is 5.82 Å². The van der Waals surface area contributed by atoms with Crippen LogP contribution >= 0.6 is 23.4 Å². The Morgan fingerprint density at radius 2 is 2.37 bits per heavy atom. The van der Waals surface area contributed by atoms with Crippen LogP contribution in [0, 0.1) is 0 Å². The average molecular weight is 300 g/mol. The Labute approximate surface area is 125 Å². The van der Waals surface area contributed by atoms with Gasteiger partial charge in [0.2, 0.25) is 0 Å². The van der Waals surface area contributed by atoms with Crippen molar-refractivity contribution in [3.63, 3.8) is 0 Å². The van der Waals surface area contributed by atoms with Crippen LogP contribution in [0.25, 0.3) is 0 Å². The number of hydrogen-bond acceptors (Lipinski definition) is 4. The summed E-state index contributed by atoms with van der Waals surface area (Å²) in [6, 6.07) is 4.56. The zero-order valence-corrected chi connectivity index (χ0v) is 13.2. The Morgan fingerprint density at radius 1 is 1.53 bits per heavy atom. The number of nitrogens with zero attached hydrogens (tertiary/aromatic N) is 2. The number of hydrogen-bond donors (Lipinski definition) is 1. The predicted octanol–water partition coefficient (Wildman–Crippen LogP) is 3.49. The fourth-order valence-corrected chi connectivity index (χ4v) is 3.65. The summed E-state index contributed by atoms with van der Waals surface area (Å²) in [4.78, 5) is 7.00. The van der Waals surface area contributed by atoms with Crippen molar-refractivity contribution in [1.82, 2.24) is 9.88 Å². The lowest BCUT2D eigenvalue weighted by Gasteiger charge is -2.23. The molecule has 1 fully saturated rings. The largest absolute Gasteiger partial charge is 0.370 e. The SMILES string of the molecule is CCCNc1ccc(Cl)c(CN(C)C2CCSC2)n1. The van der Waals surface area contributed by atoms with Gasteiger partial charge in [-0.2, -0.15) is 11.8 Å². The maximum absolute atomic E-state index is 6.26. The lowest BCUT2D eigenvalue weighted by molar-refractivity contribution is 0.251. The normalized spacial score (nSPS) is 19.1. The highest BCUT2D eigenvalue weighted by molar-refractivity contribution is 7.99. The third-order valence-electron chi connectivity index (χ3n) is 3.40. The third-order valence-corrected chi connectivity index (χ3v) is 4.89. The molecule has 0 bridgehead atoms. The van der Waals surface area contributed by atoms with Gasteiger partial charge in [-0.15, -0.1) is 0 Å². The number of anilines is 1. The van der Waals surface area contributed by atoms with Gasteiger partial charge in [0.25, 0.3) is 0 Å². The average Bonchev–Trinajstić information content (AvgIpc) is 2.93. The zero-order valence-electron chi connectivity index (χ0n) is 11.7. The number of thioether (sulfide) groups is 1. The molecule has 1 aliphatic heterocycles. The quantitative estimate of drug-likeness (QED) is 0.870. The van der Waals surface area contributed by atoms with Gasteiger partial charge >= 0.3 is 0 Å². The molecule has 1 N–H and O–H groups in total. The zero-order chi connectivity index (χ0) is 13.7. The molecule has 2 rings (SSSR count). The number of rotatable bonds is 6. The lowest BCUT2D eigenvalue weighted by atomic mass is 10.2. The van der Waals surface area contributed by atoms with Crippen LogP contribution in [0.5, 0.6) is 0 Å². The molecule has 1 unspecified atom stereocenters. The fraction of sp³-hybridized carbons (Fsp3) is 0.643. The van der Waals surface area contributed by atoms with Crippen molar-refractivity contribution in [3.05, 3.63) is 22.8 Å². The molecule has 0 aliphatic carbocycles. The van der Waals surface area contributed by atoms with Crippen molar-refractivity contribution in [2.75, 3.05) is 30.4 Å². The molecule has 2 heterocycles. The summed E-state index contributed by atoms with van der Waals surface area (Å²) in [5.41, 5.74) is 0.974. The molecule has 0 spiro atoms. The van der Waals surface area contributed by atoms with Crippen molar-refractivity contribution >= 4 is 29.2 Å². The van der Waals surface area contributed by atoms with E-state index in [0.717, 1.165) is 36.0 Å². The molecule has 5 heteroatoms. The molecule has 19 heavy (non-hydrogen) atoms. The van der Waals surface area contributed by atoms with Gasteiger partial charge in [-0.1, -0.05) is 18.5 Å². The van der Waals surface area contributed by atoms with Gasteiger partial charge in [0.15, 0.2) is 0 Å². The van der Waals surface area contributed by atoms with Crippen LogP contribution in [-0.2, 0) is 6.54 Å². The van der Waals surface area contributed by atoms with E-state index in [1.807, 2.05) is 23.9 Å². The minimum atomic E-state index is 0.662. The van der Waals surface area contributed by atoms with Gasteiger partial charge in [0.05, 0.1) is 10.7 Å². The Bertz CT molecular complexity index is 408. The maximum atomic E-state index is 6.26. The fourth-order valence-electron chi connectivity index (χ4n) is 2.18. The summed E-state index contributed by atoms with van der Waals surface area (Å²) >= 11 is 8.29. The standard InChI is InChI=1S/C14H22ClN3S/c1-3-7-16-14-5-4-12(15)13(17-14)9-18(2)11-6-8-19-10-11/h4-5,11H,3,6-10H2,1-2H3,(H,16,17). The molecule has 0 saturated carbocycles.